The standard InChI is InChI=1S/C25H23N5O2/c1-32-20-4-2-3-19(13-20)22-6-5-17(14-27-22)15-30-12-9-23-21(16-30)25(31)29-24(28-23)18-7-10-26-11-8-18/h2-8,10-11,13-14H,9,12,15-16H2,1H3,(H,28,29,31). The maximum Gasteiger partial charge on any atom is 0.255 e. The van der Waals surface area contributed by atoms with E-state index in [1.807, 2.05) is 48.7 Å². The molecule has 0 amide bonds. The molecule has 0 aliphatic carbocycles. The summed E-state index contributed by atoms with van der Waals surface area (Å²) in [5.74, 6) is 1.41. The van der Waals surface area contributed by atoms with Gasteiger partial charge < -0.3 is 9.72 Å². The molecule has 32 heavy (non-hydrogen) atoms. The Kier molecular flexibility index (Phi) is 5.47. The highest BCUT2D eigenvalue weighted by atomic mass is 16.5. The lowest BCUT2D eigenvalue weighted by atomic mass is 10.1. The Morgan fingerprint density at radius 2 is 1.97 bits per heavy atom. The molecule has 0 unspecified atom stereocenters. The molecule has 3 aromatic heterocycles. The number of hydrogen-bond donors (Lipinski definition) is 1. The predicted octanol–water partition coefficient (Wildman–Crippen LogP) is 3.46. The number of hydrogen-bond acceptors (Lipinski definition) is 6. The first kappa shape index (κ1) is 20.1. The predicted molar refractivity (Wildman–Crippen MR) is 122 cm³/mol. The van der Waals surface area contributed by atoms with Gasteiger partial charge in [-0.2, -0.15) is 0 Å². The summed E-state index contributed by atoms with van der Waals surface area (Å²) in [5.41, 5.74) is 5.45. The van der Waals surface area contributed by atoms with Gasteiger partial charge in [0.2, 0.25) is 0 Å². The lowest BCUT2D eigenvalue weighted by molar-refractivity contribution is 0.241. The Hall–Kier alpha value is -3.84. The van der Waals surface area contributed by atoms with Crippen molar-refractivity contribution in [3.8, 4) is 28.4 Å². The number of benzene rings is 1. The van der Waals surface area contributed by atoms with E-state index in [1.54, 1.807) is 19.5 Å². The second kappa shape index (κ2) is 8.72. The number of ether oxygens (including phenoxy) is 1. The van der Waals surface area contributed by atoms with E-state index in [2.05, 4.69) is 25.9 Å². The molecule has 0 fully saturated rings. The molecule has 4 heterocycles. The number of pyridine rings is 2. The number of nitrogens with zero attached hydrogens (tertiary/aromatic N) is 4. The summed E-state index contributed by atoms with van der Waals surface area (Å²) in [5, 5.41) is 0. The average molecular weight is 425 g/mol. The van der Waals surface area contributed by atoms with Crippen LogP contribution >= 0.6 is 0 Å². The molecule has 7 nitrogen and oxygen atoms in total. The molecule has 1 aliphatic heterocycles. The Balaban J connectivity index is 1.30. The van der Waals surface area contributed by atoms with Gasteiger partial charge in [-0.3, -0.25) is 19.7 Å². The summed E-state index contributed by atoms with van der Waals surface area (Å²) in [7, 11) is 1.66. The van der Waals surface area contributed by atoms with E-state index in [1.165, 1.54) is 0 Å². The van der Waals surface area contributed by atoms with Crippen molar-refractivity contribution in [2.24, 2.45) is 0 Å². The van der Waals surface area contributed by atoms with Crippen LogP contribution in [0.5, 0.6) is 5.75 Å². The molecule has 1 N–H and O–H groups in total. The van der Waals surface area contributed by atoms with Crippen LogP contribution in [0.4, 0.5) is 0 Å². The summed E-state index contributed by atoms with van der Waals surface area (Å²) in [6, 6.07) is 15.7. The molecule has 0 radical (unpaired) electrons. The molecule has 0 atom stereocenters. The Bertz CT molecular complexity index is 1290. The van der Waals surface area contributed by atoms with Crippen LogP contribution in [0.3, 0.4) is 0 Å². The van der Waals surface area contributed by atoms with Gasteiger partial charge in [0, 0.05) is 55.8 Å². The van der Waals surface area contributed by atoms with Crippen LogP contribution in [0.15, 0.2) is 71.9 Å². The number of aromatic nitrogens is 4. The van der Waals surface area contributed by atoms with Gasteiger partial charge >= 0.3 is 0 Å². The molecular formula is C25H23N5O2. The maximum absolute atomic E-state index is 12.7. The van der Waals surface area contributed by atoms with Crippen LogP contribution in [0.2, 0.25) is 0 Å². The molecular weight excluding hydrogens is 402 g/mol. The second-order valence-electron chi connectivity index (χ2n) is 7.82. The highest BCUT2D eigenvalue weighted by molar-refractivity contribution is 5.61. The number of fused-ring (bicyclic) bond motifs is 1. The van der Waals surface area contributed by atoms with Gasteiger partial charge in [-0.05, 0) is 35.9 Å². The number of H-pyrrole nitrogens is 1. The molecule has 1 aliphatic rings. The quantitative estimate of drug-likeness (QED) is 0.527. The molecule has 0 saturated carbocycles. The Morgan fingerprint density at radius 1 is 1.09 bits per heavy atom. The number of nitrogens with one attached hydrogen (secondary N) is 1. The minimum Gasteiger partial charge on any atom is -0.497 e. The summed E-state index contributed by atoms with van der Waals surface area (Å²) < 4.78 is 5.30. The third-order valence-electron chi connectivity index (χ3n) is 5.70. The minimum atomic E-state index is -0.0713. The lowest BCUT2D eigenvalue weighted by Gasteiger charge is -2.27. The molecule has 0 bridgehead atoms. The van der Waals surface area contributed by atoms with Crippen LogP contribution in [0, 0.1) is 0 Å². The van der Waals surface area contributed by atoms with Crippen molar-refractivity contribution in [1.29, 1.82) is 0 Å². The monoisotopic (exact) mass is 425 g/mol. The first-order valence-corrected chi connectivity index (χ1v) is 10.5. The van der Waals surface area contributed by atoms with Crippen molar-refractivity contribution in [2.45, 2.75) is 19.5 Å². The van der Waals surface area contributed by atoms with Crippen LogP contribution < -0.4 is 10.3 Å². The van der Waals surface area contributed by atoms with E-state index in [0.29, 0.717) is 12.4 Å². The van der Waals surface area contributed by atoms with Crippen LogP contribution in [-0.4, -0.2) is 38.5 Å². The zero-order chi connectivity index (χ0) is 21.9. The second-order valence-corrected chi connectivity index (χ2v) is 7.82. The topological polar surface area (TPSA) is 84.0 Å². The Labute approximate surface area is 185 Å². The van der Waals surface area contributed by atoms with Crippen LogP contribution in [-0.2, 0) is 19.5 Å². The van der Waals surface area contributed by atoms with E-state index < -0.39 is 0 Å². The van der Waals surface area contributed by atoms with Crippen LogP contribution in [0.1, 0.15) is 16.8 Å². The van der Waals surface area contributed by atoms with E-state index in [9.17, 15) is 4.79 Å². The van der Waals surface area contributed by atoms with Gasteiger partial charge in [0.05, 0.1) is 24.1 Å². The molecule has 0 saturated heterocycles. The van der Waals surface area contributed by atoms with Crippen LogP contribution in [0.25, 0.3) is 22.6 Å². The van der Waals surface area contributed by atoms with E-state index >= 15 is 0 Å². The fraction of sp³-hybridized carbons (Fsp3) is 0.200. The number of rotatable bonds is 5. The molecule has 160 valence electrons. The number of aromatic amines is 1. The fourth-order valence-electron chi connectivity index (χ4n) is 3.99. The van der Waals surface area contributed by atoms with Gasteiger partial charge in [0.1, 0.15) is 11.6 Å². The third kappa shape index (κ3) is 4.15. The normalized spacial score (nSPS) is 13.5. The first-order valence-electron chi connectivity index (χ1n) is 10.5. The van der Waals surface area contributed by atoms with Crippen molar-refractivity contribution < 1.29 is 4.74 Å². The highest BCUT2D eigenvalue weighted by Gasteiger charge is 2.21. The van der Waals surface area contributed by atoms with Gasteiger partial charge in [-0.1, -0.05) is 18.2 Å². The lowest BCUT2D eigenvalue weighted by Crippen LogP contribution is -2.35. The van der Waals surface area contributed by atoms with Crippen molar-refractivity contribution in [3.63, 3.8) is 0 Å². The highest BCUT2D eigenvalue weighted by Crippen LogP contribution is 2.23. The van der Waals surface area contributed by atoms with E-state index in [0.717, 1.165) is 58.9 Å². The first-order chi connectivity index (χ1) is 15.7. The average Bonchev–Trinajstić information content (AvgIpc) is 2.85. The van der Waals surface area contributed by atoms with Crippen molar-refractivity contribution >= 4 is 0 Å². The summed E-state index contributed by atoms with van der Waals surface area (Å²) in [6.07, 6.45) is 6.04. The van der Waals surface area contributed by atoms with Gasteiger partial charge in [0.15, 0.2) is 0 Å². The van der Waals surface area contributed by atoms with Crippen molar-refractivity contribution in [2.75, 3.05) is 13.7 Å². The van der Waals surface area contributed by atoms with Gasteiger partial charge in [-0.15, -0.1) is 0 Å². The maximum atomic E-state index is 12.7. The molecule has 7 heteroatoms. The van der Waals surface area contributed by atoms with Crippen molar-refractivity contribution in [3.05, 3.63) is 94.3 Å². The smallest absolute Gasteiger partial charge is 0.255 e. The largest absolute Gasteiger partial charge is 0.497 e. The van der Waals surface area contributed by atoms with E-state index in [4.69, 9.17) is 9.72 Å². The molecule has 1 aromatic carbocycles. The van der Waals surface area contributed by atoms with Gasteiger partial charge in [0.25, 0.3) is 5.56 Å². The zero-order valence-corrected chi connectivity index (χ0v) is 17.8. The van der Waals surface area contributed by atoms with E-state index in [-0.39, 0.29) is 5.56 Å². The zero-order valence-electron chi connectivity index (χ0n) is 17.8. The van der Waals surface area contributed by atoms with Gasteiger partial charge in [-0.25, -0.2) is 4.98 Å². The fourth-order valence-corrected chi connectivity index (χ4v) is 3.99. The molecule has 0 spiro atoms. The summed E-state index contributed by atoms with van der Waals surface area (Å²) >= 11 is 0. The third-order valence-corrected chi connectivity index (χ3v) is 5.70. The molecule has 5 rings (SSSR count). The summed E-state index contributed by atoms with van der Waals surface area (Å²) in [4.78, 5) is 31.3. The molecule has 4 aromatic rings. The SMILES string of the molecule is COc1cccc(-c2ccc(CN3CCc4nc(-c5ccncc5)[nH]c(=O)c4C3)cn2)c1. The minimum absolute atomic E-state index is 0.0713. The summed E-state index contributed by atoms with van der Waals surface area (Å²) in [6.45, 7) is 2.15. The number of methoxy groups -OCH3 is 1. The Morgan fingerprint density at radius 3 is 2.75 bits per heavy atom. The van der Waals surface area contributed by atoms with Crippen molar-refractivity contribution in [1.82, 2.24) is 24.8 Å².